The Morgan fingerprint density at radius 2 is 2.09 bits per heavy atom. The molecule has 6 heteroatoms. The molecule has 4 nitrogen and oxygen atoms in total. The van der Waals surface area contributed by atoms with E-state index in [4.69, 9.17) is 0 Å². The molecule has 1 aromatic heterocycles. The average Bonchev–Trinajstić information content (AvgIpc) is 3.25. The van der Waals surface area contributed by atoms with Crippen LogP contribution in [0.2, 0.25) is 0 Å². The van der Waals surface area contributed by atoms with E-state index in [0.717, 1.165) is 15.6 Å². The molecule has 0 spiro atoms. The van der Waals surface area contributed by atoms with Crippen LogP contribution in [0.1, 0.15) is 53.6 Å². The number of amides is 1. The predicted octanol–water partition coefficient (Wildman–Crippen LogP) is 3.36. The molecule has 22 heavy (non-hydrogen) atoms. The highest BCUT2D eigenvalue weighted by Gasteiger charge is 2.27. The van der Waals surface area contributed by atoms with E-state index in [2.05, 4.69) is 15.5 Å². The third-order valence-electron chi connectivity index (χ3n) is 3.78. The molecule has 0 radical (unpaired) electrons. The Bertz CT molecular complexity index is 652. The minimum atomic E-state index is -0.261. The second-order valence-corrected chi connectivity index (χ2v) is 6.84. The molecule has 2 aromatic rings. The van der Waals surface area contributed by atoms with Crippen LogP contribution < -0.4 is 5.32 Å². The first-order chi connectivity index (χ1) is 10.6. The van der Waals surface area contributed by atoms with Crippen LogP contribution in [-0.2, 0) is 11.3 Å². The van der Waals surface area contributed by atoms with Crippen molar-refractivity contribution in [2.24, 2.45) is 0 Å². The van der Waals surface area contributed by atoms with E-state index in [1.807, 2.05) is 6.92 Å². The van der Waals surface area contributed by atoms with E-state index >= 15 is 0 Å². The quantitative estimate of drug-likeness (QED) is 0.888. The van der Waals surface area contributed by atoms with Gasteiger partial charge in [0.05, 0.1) is 6.54 Å². The monoisotopic (exact) mass is 319 g/mol. The third-order valence-corrected chi connectivity index (χ3v) is 4.86. The largest absolute Gasteiger partial charge is 0.349 e. The molecule has 1 aromatic carbocycles. The molecule has 1 saturated carbocycles. The highest BCUT2D eigenvalue weighted by atomic mass is 32.1. The highest BCUT2D eigenvalue weighted by Crippen LogP contribution is 2.41. The van der Waals surface area contributed by atoms with Gasteiger partial charge in [0.15, 0.2) is 0 Å². The Morgan fingerprint density at radius 3 is 2.77 bits per heavy atom. The van der Waals surface area contributed by atoms with Crippen molar-refractivity contribution in [1.82, 2.24) is 15.5 Å². The van der Waals surface area contributed by atoms with Crippen molar-refractivity contribution < 1.29 is 9.18 Å². The van der Waals surface area contributed by atoms with Gasteiger partial charge < -0.3 is 5.32 Å². The summed E-state index contributed by atoms with van der Waals surface area (Å²) in [7, 11) is 0. The molecule has 1 aliphatic carbocycles. The molecular formula is C16H18FN3OS. The fraction of sp³-hybridized carbons (Fsp3) is 0.438. The molecule has 1 unspecified atom stereocenters. The predicted molar refractivity (Wildman–Crippen MR) is 83.2 cm³/mol. The smallest absolute Gasteiger partial charge is 0.220 e. The lowest BCUT2D eigenvalue weighted by Gasteiger charge is -2.11. The lowest BCUT2D eigenvalue weighted by Crippen LogP contribution is -2.24. The fourth-order valence-corrected chi connectivity index (χ4v) is 3.22. The number of nitrogens with zero attached hydrogens (tertiary/aromatic N) is 2. The van der Waals surface area contributed by atoms with Crippen LogP contribution in [0.15, 0.2) is 24.3 Å². The second kappa shape index (κ2) is 6.52. The molecule has 3 rings (SSSR count). The maximum absolute atomic E-state index is 12.9. The van der Waals surface area contributed by atoms with E-state index in [-0.39, 0.29) is 17.6 Å². The van der Waals surface area contributed by atoms with Crippen LogP contribution in [0.25, 0.3) is 0 Å². The highest BCUT2D eigenvalue weighted by molar-refractivity contribution is 7.11. The van der Waals surface area contributed by atoms with Crippen molar-refractivity contribution in [2.45, 2.75) is 44.6 Å². The summed E-state index contributed by atoms with van der Waals surface area (Å²) >= 11 is 1.58. The molecule has 1 fully saturated rings. The van der Waals surface area contributed by atoms with Gasteiger partial charge in [-0.3, -0.25) is 4.79 Å². The molecule has 0 aliphatic heterocycles. The molecule has 1 atom stereocenters. The maximum Gasteiger partial charge on any atom is 0.220 e. The summed E-state index contributed by atoms with van der Waals surface area (Å²) in [6, 6.07) is 6.29. The number of carbonyl (C=O) groups excluding carboxylic acids is 1. The Balaban J connectivity index is 1.47. The number of rotatable bonds is 6. The summed E-state index contributed by atoms with van der Waals surface area (Å²) < 4.78 is 12.9. The van der Waals surface area contributed by atoms with Gasteiger partial charge >= 0.3 is 0 Å². The summed E-state index contributed by atoms with van der Waals surface area (Å²) in [4.78, 5) is 12.0. The molecule has 1 amide bonds. The standard InChI is InChI=1S/C16H18FN3OS/c1-10(11-4-6-13(17)7-5-11)8-14(21)18-9-15-19-20-16(22-15)12-2-3-12/h4-7,10,12H,2-3,8-9H2,1H3,(H,18,21). The zero-order valence-corrected chi connectivity index (χ0v) is 13.2. The molecule has 1 aliphatic rings. The molecule has 0 saturated heterocycles. The molecular weight excluding hydrogens is 301 g/mol. The number of benzene rings is 1. The van der Waals surface area contributed by atoms with E-state index in [1.165, 1.54) is 25.0 Å². The van der Waals surface area contributed by atoms with Crippen LogP contribution in [0.5, 0.6) is 0 Å². The Morgan fingerprint density at radius 1 is 1.36 bits per heavy atom. The van der Waals surface area contributed by atoms with Gasteiger partial charge in [-0.2, -0.15) is 0 Å². The van der Waals surface area contributed by atoms with Crippen LogP contribution in [0.3, 0.4) is 0 Å². The van der Waals surface area contributed by atoms with Gasteiger partial charge in [-0.25, -0.2) is 4.39 Å². The van der Waals surface area contributed by atoms with Gasteiger partial charge in [-0.15, -0.1) is 10.2 Å². The first kappa shape index (κ1) is 15.1. The minimum absolute atomic E-state index is 0.0278. The van der Waals surface area contributed by atoms with E-state index in [9.17, 15) is 9.18 Å². The third kappa shape index (κ3) is 3.88. The molecule has 1 heterocycles. The lowest BCUT2D eigenvalue weighted by atomic mass is 9.97. The van der Waals surface area contributed by atoms with Gasteiger partial charge in [-0.05, 0) is 36.5 Å². The number of hydrogen-bond acceptors (Lipinski definition) is 4. The van der Waals surface area contributed by atoms with Crippen LogP contribution in [0, 0.1) is 5.82 Å². The Labute approximate surface area is 132 Å². The van der Waals surface area contributed by atoms with E-state index in [0.29, 0.717) is 18.9 Å². The van der Waals surface area contributed by atoms with Crippen LogP contribution >= 0.6 is 11.3 Å². The summed E-state index contributed by atoms with van der Waals surface area (Å²) in [5.41, 5.74) is 0.962. The zero-order valence-electron chi connectivity index (χ0n) is 12.4. The van der Waals surface area contributed by atoms with Crippen molar-refractivity contribution in [3.05, 3.63) is 45.7 Å². The number of nitrogens with one attached hydrogen (secondary N) is 1. The van der Waals surface area contributed by atoms with Crippen molar-refractivity contribution in [3.8, 4) is 0 Å². The summed E-state index contributed by atoms with van der Waals surface area (Å²) in [5.74, 6) is 0.362. The minimum Gasteiger partial charge on any atom is -0.349 e. The van der Waals surface area contributed by atoms with Crippen molar-refractivity contribution in [2.75, 3.05) is 0 Å². The van der Waals surface area contributed by atoms with Gasteiger partial charge in [0, 0.05) is 12.3 Å². The fourth-order valence-electron chi connectivity index (χ4n) is 2.27. The lowest BCUT2D eigenvalue weighted by molar-refractivity contribution is -0.121. The van der Waals surface area contributed by atoms with E-state index < -0.39 is 0 Å². The number of halogens is 1. The first-order valence-corrected chi connectivity index (χ1v) is 8.28. The first-order valence-electron chi connectivity index (χ1n) is 7.46. The van der Waals surface area contributed by atoms with Crippen LogP contribution in [-0.4, -0.2) is 16.1 Å². The van der Waals surface area contributed by atoms with E-state index in [1.54, 1.807) is 23.5 Å². The normalized spacial score (nSPS) is 15.5. The Kier molecular flexibility index (Phi) is 4.47. The molecule has 1 N–H and O–H groups in total. The number of aromatic nitrogens is 2. The zero-order chi connectivity index (χ0) is 15.5. The van der Waals surface area contributed by atoms with Gasteiger partial charge in [0.2, 0.25) is 5.91 Å². The second-order valence-electron chi connectivity index (χ2n) is 5.74. The molecule has 116 valence electrons. The SMILES string of the molecule is CC(CC(=O)NCc1nnc(C2CC2)s1)c1ccc(F)cc1. The molecule has 0 bridgehead atoms. The van der Waals surface area contributed by atoms with Crippen LogP contribution in [0.4, 0.5) is 4.39 Å². The topological polar surface area (TPSA) is 54.9 Å². The average molecular weight is 319 g/mol. The van der Waals surface area contributed by atoms with Gasteiger partial charge in [0.25, 0.3) is 0 Å². The van der Waals surface area contributed by atoms with Crippen molar-refractivity contribution in [3.63, 3.8) is 0 Å². The number of carbonyl (C=O) groups is 1. The van der Waals surface area contributed by atoms with Crippen molar-refractivity contribution >= 4 is 17.2 Å². The summed E-state index contributed by atoms with van der Waals surface area (Å²) in [6.07, 6.45) is 2.78. The number of hydrogen-bond donors (Lipinski definition) is 1. The maximum atomic E-state index is 12.9. The van der Waals surface area contributed by atoms with Crippen molar-refractivity contribution in [1.29, 1.82) is 0 Å². The Hall–Kier alpha value is -1.82. The van der Waals surface area contributed by atoms with Gasteiger partial charge in [0.1, 0.15) is 15.8 Å². The summed E-state index contributed by atoms with van der Waals surface area (Å²) in [5, 5.41) is 13.1. The summed E-state index contributed by atoms with van der Waals surface area (Å²) in [6.45, 7) is 2.39. The van der Waals surface area contributed by atoms with Gasteiger partial charge in [-0.1, -0.05) is 30.4 Å².